The van der Waals surface area contributed by atoms with Crippen LogP contribution in [0.15, 0.2) is 30.3 Å². The molecule has 0 radical (unpaired) electrons. The highest BCUT2D eigenvalue weighted by atomic mass is 16.1. The van der Waals surface area contributed by atoms with Gasteiger partial charge in [-0.3, -0.25) is 9.48 Å². The number of carbonyl (C=O) groups excluding carboxylic acids is 1. The number of hydrogen-bond acceptors (Lipinski definition) is 3. The van der Waals surface area contributed by atoms with Gasteiger partial charge >= 0.3 is 0 Å². The lowest BCUT2D eigenvalue weighted by atomic mass is 10.0. The van der Waals surface area contributed by atoms with Crippen LogP contribution in [0.1, 0.15) is 51.1 Å². The van der Waals surface area contributed by atoms with Gasteiger partial charge < -0.3 is 10.6 Å². The number of anilines is 1. The third kappa shape index (κ3) is 6.39. The molecule has 28 heavy (non-hydrogen) atoms. The molecule has 0 aliphatic carbocycles. The number of para-hydroxylation sites is 1. The average molecular weight is 385 g/mol. The first-order valence-corrected chi connectivity index (χ1v) is 10.4. The van der Waals surface area contributed by atoms with Crippen molar-refractivity contribution < 1.29 is 4.79 Å². The molecule has 2 rings (SSSR count). The standard InChI is InChI=1S/C23H36N4O/c1-16(2)15-27-19(6)21(18(5)26-27)12-13-23(28)24-14-22(17(3)4)25-20-10-8-7-9-11-20/h7-11,16-17,22,25H,12-15H2,1-6H3,(H,24,28)/t22-/m1/s1. The summed E-state index contributed by atoms with van der Waals surface area (Å²) in [7, 11) is 0. The lowest BCUT2D eigenvalue weighted by Gasteiger charge is -2.24. The van der Waals surface area contributed by atoms with E-state index in [2.05, 4.69) is 67.2 Å². The van der Waals surface area contributed by atoms with Crippen LogP contribution < -0.4 is 10.6 Å². The van der Waals surface area contributed by atoms with Crippen LogP contribution in [-0.2, 0) is 17.8 Å². The molecule has 0 spiro atoms. The Morgan fingerprint density at radius 1 is 1.11 bits per heavy atom. The highest BCUT2D eigenvalue weighted by molar-refractivity contribution is 5.76. The fraction of sp³-hybridized carbons (Fsp3) is 0.565. The normalized spacial score (nSPS) is 12.4. The average Bonchev–Trinajstić information content (AvgIpc) is 2.90. The second kappa shape index (κ2) is 10.3. The molecule has 0 saturated carbocycles. The van der Waals surface area contributed by atoms with E-state index < -0.39 is 0 Å². The maximum absolute atomic E-state index is 12.4. The van der Waals surface area contributed by atoms with Crippen molar-refractivity contribution in [1.29, 1.82) is 0 Å². The van der Waals surface area contributed by atoms with Gasteiger partial charge in [0.25, 0.3) is 0 Å². The van der Waals surface area contributed by atoms with E-state index in [0.717, 1.165) is 24.3 Å². The number of amides is 1. The molecule has 0 bridgehead atoms. The monoisotopic (exact) mass is 384 g/mol. The molecule has 1 heterocycles. The number of benzene rings is 1. The Morgan fingerprint density at radius 3 is 2.39 bits per heavy atom. The summed E-state index contributed by atoms with van der Waals surface area (Å²) >= 11 is 0. The van der Waals surface area contributed by atoms with E-state index in [0.29, 0.717) is 24.8 Å². The van der Waals surface area contributed by atoms with Crippen molar-refractivity contribution in [3.8, 4) is 0 Å². The van der Waals surface area contributed by atoms with Gasteiger partial charge in [0.15, 0.2) is 0 Å². The summed E-state index contributed by atoms with van der Waals surface area (Å²) in [5.74, 6) is 1.06. The Kier molecular flexibility index (Phi) is 8.09. The summed E-state index contributed by atoms with van der Waals surface area (Å²) in [5.41, 5.74) is 4.51. The minimum Gasteiger partial charge on any atom is -0.380 e. The van der Waals surface area contributed by atoms with Crippen LogP contribution in [0.5, 0.6) is 0 Å². The van der Waals surface area contributed by atoms with Gasteiger partial charge in [-0.25, -0.2) is 0 Å². The van der Waals surface area contributed by atoms with E-state index in [1.165, 1.54) is 11.3 Å². The molecule has 1 aromatic heterocycles. The van der Waals surface area contributed by atoms with Crippen molar-refractivity contribution in [3.05, 3.63) is 47.3 Å². The topological polar surface area (TPSA) is 59.0 Å². The van der Waals surface area contributed by atoms with E-state index in [9.17, 15) is 4.79 Å². The van der Waals surface area contributed by atoms with Gasteiger partial charge in [0.2, 0.25) is 5.91 Å². The van der Waals surface area contributed by atoms with Crippen LogP contribution in [0.4, 0.5) is 5.69 Å². The fourth-order valence-electron chi connectivity index (χ4n) is 3.37. The second-order valence-corrected chi connectivity index (χ2v) is 8.39. The van der Waals surface area contributed by atoms with Crippen molar-refractivity contribution in [3.63, 3.8) is 0 Å². The van der Waals surface area contributed by atoms with Gasteiger partial charge in [-0.15, -0.1) is 0 Å². The lowest BCUT2D eigenvalue weighted by molar-refractivity contribution is -0.121. The highest BCUT2D eigenvalue weighted by Crippen LogP contribution is 2.17. The molecule has 5 nitrogen and oxygen atoms in total. The molecule has 1 aromatic carbocycles. The van der Waals surface area contributed by atoms with Crippen molar-refractivity contribution in [2.45, 2.75) is 67.0 Å². The first kappa shape index (κ1) is 22.0. The Bertz CT molecular complexity index is 749. The zero-order valence-electron chi connectivity index (χ0n) is 18.2. The molecule has 1 atom stereocenters. The number of hydrogen-bond donors (Lipinski definition) is 2. The van der Waals surface area contributed by atoms with E-state index in [-0.39, 0.29) is 11.9 Å². The van der Waals surface area contributed by atoms with Crippen LogP contribution in [-0.4, -0.2) is 28.3 Å². The zero-order chi connectivity index (χ0) is 20.7. The van der Waals surface area contributed by atoms with Crippen LogP contribution in [0.25, 0.3) is 0 Å². The number of nitrogens with zero attached hydrogens (tertiary/aromatic N) is 2. The summed E-state index contributed by atoms with van der Waals surface area (Å²) in [6.45, 7) is 14.4. The Morgan fingerprint density at radius 2 is 1.79 bits per heavy atom. The molecule has 0 aliphatic rings. The van der Waals surface area contributed by atoms with Crippen LogP contribution in [0.2, 0.25) is 0 Å². The summed E-state index contributed by atoms with van der Waals surface area (Å²) in [6.07, 6.45) is 1.23. The first-order chi connectivity index (χ1) is 13.3. The number of carbonyl (C=O) groups is 1. The molecule has 0 fully saturated rings. The summed E-state index contributed by atoms with van der Waals surface area (Å²) in [5, 5.41) is 11.3. The Labute approximate surface area is 169 Å². The van der Waals surface area contributed by atoms with Gasteiger partial charge in [0.1, 0.15) is 0 Å². The number of aromatic nitrogens is 2. The van der Waals surface area contributed by atoms with Gasteiger partial charge in [-0.05, 0) is 49.8 Å². The van der Waals surface area contributed by atoms with E-state index in [1.54, 1.807) is 0 Å². The predicted molar refractivity (Wildman–Crippen MR) is 117 cm³/mol. The molecular weight excluding hydrogens is 348 g/mol. The van der Waals surface area contributed by atoms with Gasteiger partial charge in [0, 0.05) is 36.9 Å². The van der Waals surface area contributed by atoms with Crippen molar-refractivity contribution >= 4 is 11.6 Å². The van der Waals surface area contributed by atoms with E-state index >= 15 is 0 Å². The fourth-order valence-corrected chi connectivity index (χ4v) is 3.37. The van der Waals surface area contributed by atoms with E-state index in [1.807, 2.05) is 25.1 Å². The van der Waals surface area contributed by atoms with Crippen molar-refractivity contribution in [2.24, 2.45) is 11.8 Å². The summed E-state index contributed by atoms with van der Waals surface area (Å²) in [4.78, 5) is 12.4. The number of aryl methyl sites for hydroxylation is 1. The molecule has 2 N–H and O–H groups in total. The third-order valence-electron chi connectivity index (χ3n) is 5.12. The maximum atomic E-state index is 12.4. The first-order valence-electron chi connectivity index (χ1n) is 10.4. The predicted octanol–water partition coefficient (Wildman–Crippen LogP) is 4.34. The summed E-state index contributed by atoms with van der Waals surface area (Å²) in [6, 6.07) is 10.3. The quantitative estimate of drug-likeness (QED) is 0.640. The van der Waals surface area contributed by atoms with Gasteiger partial charge in [-0.2, -0.15) is 5.10 Å². The Balaban J connectivity index is 1.87. The molecule has 1 amide bonds. The van der Waals surface area contributed by atoms with Crippen LogP contribution >= 0.6 is 0 Å². The minimum absolute atomic E-state index is 0.0934. The Hall–Kier alpha value is -2.30. The molecule has 0 unspecified atom stereocenters. The minimum atomic E-state index is 0.0934. The van der Waals surface area contributed by atoms with Crippen molar-refractivity contribution in [1.82, 2.24) is 15.1 Å². The lowest BCUT2D eigenvalue weighted by Crippen LogP contribution is -2.39. The molecule has 5 heteroatoms. The van der Waals surface area contributed by atoms with Crippen LogP contribution in [0, 0.1) is 25.7 Å². The summed E-state index contributed by atoms with van der Waals surface area (Å²) < 4.78 is 2.08. The van der Waals surface area contributed by atoms with Gasteiger partial charge in [0.05, 0.1) is 5.69 Å². The molecular formula is C23H36N4O. The molecule has 0 saturated heterocycles. The SMILES string of the molecule is Cc1nn(CC(C)C)c(C)c1CCC(=O)NC[C@@H](Nc1ccccc1)C(C)C. The maximum Gasteiger partial charge on any atom is 0.220 e. The highest BCUT2D eigenvalue weighted by Gasteiger charge is 2.16. The van der Waals surface area contributed by atoms with Gasteiger partial charge in [-0.1, -0.05) is 45.9 Å². The zero-order valence-corrected chi connectivity index (χ0v) is 18.2. The number of rotatable bonds is 10. The number of nitrogens with one attached hydrogen (secondary N) is 2. The second-order valence-electron chi connectivity index (χ2n) is 8.39. The third-order valence-corrected chi connectivity index (χ3v) is 5.12. The van der Waals surface area contributed by atoms with Crippen LogP contribution in [0.3, 0.4) is 0 Å². The largest absolute Gasteiger partial charge is 0.380 e. The smallest absolute Gasteiger partial charge is 0.220 e. The van der Waals surface area contributed by atoms with E-state index in [4.69, 9.17) is 0 Å². The molecule has 2 aromatic rings. The molecule has 0 aliphatic heterocycles. The van der Waals surface area contributed by atoms with Crippen molar-refractivity contribution in [2.75, 3.05) is 11.9 Å². The molecule has 154 valence electrons.